The number of para-hydroxylation sites is 1. The van der Waals surface area contributed by atoms with Crippen LogP contribution in [0.5, 0.6) is 5.75 Å². The largest absolute Gasteiger partial charge is 0.466 e. The second-order valence-electron chi connectivity index (χ2n) is 6.35. The van der Waals surface area contributed by atoms with E-state index >= 15 is 0 Å². The zero-order valence-electron chi connectivity index (χ0n) is 16.2. The summed E-state index contributed by atoms with van der Waals surface area (Å²) in [4.78, 5) is 25.4. The minimum atomic E-state index is -0.742. The number of fused-ring (bicyclic) bond motifs is 1. The third-order valence-electron chi connectivity index (χ3n) is 4.58. The molecule has 0 fully saturated rings. The molecule has 0 unspecified atom stereocenters. The van der Waals surface area contributed by atoms with E-state index in [1.807, 2.05) is 6.07 Å². The highest BCUT2D eigenvalue weighted by molar-refractivity contribution is 6.31. The van der Waals surface area contributed by atoms with E-state index in [0.717, 1.165) is 0 Å². The van der Waals surface area contributed by atoms with Crippen LogP contribution in [0.1, 0.15) is 26.4 Å². The number of methoxy groups -OCH3 is 2. The Hall–Kier alpha value is -3.36. The van der Waals surface area contributed by atoms with Crippen LogP contribution in [-0.4, -0.2) is 42.7 Å². The van der Waals surface area contributed by atoms with Crippen LogP contribution in [0.25, 0.3) is 16.9 Å². The van der Waals surface area contributed by atoms with Crippen LogP contribution in [0.4, 0.5) is 0 Å². The summed E-state index contributed by atoms with van der Waals surface area (Å²) in [5.41, 5.74) is 1.79. The average molecular weight is 429 g/mol. The molecule has 2 aromatic carbocycles. The van der Waals surface area contributed by atoms with Crippen LogP contribution in [0.2, 0.25) is 5.02 Å². The molecular weight excluding hydrogens is 412 g/mol. The van der Waals surface area contributed by atoms with E-state index in [0.29, 0.717) is 34.2 Å². The number of benzene rings is 2. The predicted octanol–water partition coefficient (Wildman–Crippen LogP) is 3.63. The van der Waals surface area contributed by atoms with Crippen molar-refractivity contribution < 1.29 is 28.5 Å². The maximum absolute atomic E-state index is 12.8. The Morgan fingerprint density at radius 1 is 1.10 bits per heavy atom. The minimum absolute atomic E-state index is 0.0401. The maximum Gasteiger partial charge on any atom is 0.357 e. The first kappa shape index (κ1) is 19.9. The average Bonchev–Trinajstić information content (AvgIpc) is 3.18. The molecule has 2 heterocycles. The molecule has 0 aliphatic carbocycles. The summed E-state index contributed by atoms with van der Waals surface area (Å²) in [5.74, 6) is -1.00. The third-order valence-corrected chi connectivity index (χ3v) is 4.80. The van der Waals surface area contributed by atoms with Gasteiger partial charge in [-0.05, 0) is 24.3 Å². The number of hydrogen-bond acceptors (Lipinski definition) is 7. The first-order valence-electron chi connectivity index (χ1n) is 8.93. The van der Waals surface area contributed by atoms with Gasteiger partial charge < -0.3 is 18.9 Å². The Balaban J connectivity index is 2.06. The Morgan fingerprint density at radius 3 is 2.53 bits per heavy atom. The fraction of sp³-hybridized carbons (Fsp3) is 0.190. The highest BCUT2D eigenvalue weighted by atomic mass is 35.5. The van der Waals surface area contributed by atoms with E-state index in [4.69, 9.17) is 30.5 Å². The second kappa shape index (κ2) is 8.17. The normalized spacial score (nSPS) is 12.6. The molecule has 0 saturated heterocycles. The van der Waals surface area contributed by atoms with Gasteiger partial charge in [-0.25, -0.2) is 14.3 Å². The van der Waals surface area contributed by atoms with Gasteiger partial charge in [-0.2, -0.15) is 5.10 Å². The summed E-state index contributed by atoms with van der Waals surface area (Å²) >= 11 is 6.30. The molecule has 0 atom stereocenters. The van der Waals surface area contributed by atoms with Crippen molar-refractivity contribution in [2.75, 3.05) is 21.0 Å². The molecule has 8 nitrogen and oxygen atoms in total. The van der Waals surface area contributed by atoms with E-state index < -0.39 is 11.9 Å². The van der Waals surface area contributed by atoms with E-state index in [2.05, 4.69) is 5.10 Å². The SMILES string of the molecule is COC(=O)c1c(-c2cc(Cl)cc3c2OCOC3)nn(-c2ccccc2)c1C(=O)OC. The molecule has 0 bridgehead atoms. The van der Waals surface area contributed by atoms with Gasteiger partial charge in [0.15, 0.2) is 12.5 Å². The molecule has 4 rings (SSSR count). The van der Waals surface area contributed by atoms with Gasteiger partial charge in [0.2, 0.25) is 0 Å². The topological polar surface area (TPSA) is 88.9 Å². The molecule has 1 aliphatic heterocycles. The van der Waals surface area contributed by atoms with Crippen LogP contribution >= 0.6 is 11.6 Å². The highest BCUT2D eigenvalue weighted by Crippen LogP contribution is 2.40. The lowest BCUT2D eigenvalue weighted by Gasteiger charge is -2.20. The summed E-state index contributed by atoms with van der Waals surface area (Å²) in [5, 5.41) is 4.98. The Bertz CT molecular complexity index is 1130. The van der Waals surface area contributed by atoms with Crippen molar-refractivity contribution in [3.63, 3.8) is 0 Å². The second-order valence-corrected chi connectivity index (χ2v) is 6.79. The number of ether oxygens (including phenoxy) is 4. The molecular formula is C21H17ClN2O6. The van der Waals surface area contributed by atoms with Gasteiger partial charge in [0, 0.05) is 16.1 Å². The summed E-state index contributed by atoms with van der Waals surface area (Å²) in [7, 11) is 2.46. The molecule has 0 radical (unpaired) electrons. The van der Waals surface area contributed by atoms with Crippen molar-refractivity contribution in [1.82, 2.24) is 9.78 Å². The summed E-state index contributed by atoms with van der Waals surface area (Å²) < 4.78 is 22.2. The number of rotatable bonds is 4. The van der Waals surface area contributed by atoms with E-state index in [-0.39, 0.29) is 23.7 Å². The Kier molecular flexibility index (Phi) is 5.43. The maximum atomic E-state index is 12.8. The van der Waals surface area contributed by atoms with Crippen molar-refractivity contribution in [1.29, 1.82) is 0 Å². The number of esters is 2. The zero-order valence-corrected chi connectivity index (χ0v) is 16.9. The zero-order chi connectivity index (χ0) is 21.3. The minimum Gasteiger partial charge on any atom is -0.466 e. The highest BCUT2D eigenvalue weighted by Gasteiger charge is 2.33. The van der Waals surface area contributed by atoms with Crippen LogP contribution in [0.15, 0.2) is 42.5 Å². The van der Waals surface area contributed by atoms with Gasteiger partial charge in [0.25, 0.3) is 0 Å². The Labute approximate surface area is 176 Å². The molecule has 0 saturated carbocycles. The number of aromatic nitrogens is 2. The lowest BCUT2D eigenvalue weighted by Crippen LogP contribution is -2.15. The Morgan fingerprint density at radius 2 is 1.83 bits per heavy atom. The number of carbonyl (C=O) groups is 2. The van der Waals surface area contributed by atoms with E-state index in [1.54, 1.807) is 36.4 Å². The standard InChI is InChI=1S/C21H17ClN2O6/c1-27-20(25)16-17(15-9-13(22)8-12-10-29-11-30-19(12)15)23-24(18(16)21(26)28-2)14-6-4-3-5-7-14/h3-9H,10-11H2,1-2H3. The quantitative estimate of drug-likeness (QED) is 0.586. The number of hydrogen-bond donors (Lipinski definition) is 0. The van der Waals surface area contributed by atoms with Gasteiger partial charge in [-0.1, -0.05) is 29.8 Å². The molecule has 30 heavy (non-hydrogen) atoms. The summed E-state index contributed by atoms with van der Waals surface area (Å²) in [6.07, 6.45) is 0. The smallest absolute Gasteiger partial charge is 0.357 e. The molecule has 0 spiro atoms. The van der Waals surface area contributed by atoms with Crippen molar-refractivity contribution in [2.24, 2.45) is 0 Å². The summed E-state index contributed by atoms with van der Waals surface area (Å²) in [6.45, 7) is 0.331. The first-order chi connectivity index (χ1) is 14.5. The van der Waals surface area contributed by atoms with Crippen molar-refractivity contribution in [3.05, 3.63) is 64.3 Å². The first-order valence-corrected chi connectivity index (χ1v) is 9.31. The van der Waals surface area contributed by atoms with E-state index in [9.17, 15) is 9.59 Å². The van der Waals surface area contributed by atoms with Gasteiger partial charge >= 0.3 is 11.9 Å². The molecule has 1 aromatic heterocycles. The fourth-order valence-corrected chi connectivity index (χ4v) is 3.54. The van der Waals surface area contributed by atoms with Gasteiger partial charge in [-0.15, -0.1) is 0 Å². The van der Waals surface area contributed by atoms with Crippen LogP contribution < -0.4 is 4.74 Å². The van der Waals surface area contributed by atoms with Gasteiger partial charge in [0.05, 0.1) is 26.5 Å². The molecule has 9 heteroatoms. The molecule has 154 valence electrons. The van der Waals surface area contributed by atoms with Crippen molar-refractivity contribution >= 4 is 23.5 Å². The van der Waals surface area contributed by atoms with Crippen molar-refractivity contribution in [2.45, 2.75) is 6.61 Å². The summed E-state index contributed by atoms with van der Waals surface area (Å²) in [6, 6.07) is 12.2. The lowest BCUT2D eigenvalue weighted by molar-refractivity contribution is -0.0159. The van der Waals surface area contributed by atoms with Gasteiger partial charge in [-0.3, -0.25) is 0 Å². The molecule has 1 aliphatic rings. The van der Waals surface area contributed by atoms with Crippen LogP contribution in [0.3, 0.4) is 0 Å². The number of carbonyl (C=O) groups excluding carboxylic acids is 2. The van der Waals surface area contributed by atoms with Crippen molar-refractivity contribution in [3.8, 4) is 22.7 Å². The monoisotopic (exact) mass is 428 g/mol. The molecule has 3 aromatic rings. The molecule has 0 amide bonds. The van der Waals surface area contributed by atoms with Crippen LogP contribution in [0, 0.1) is 0 Å². The predicted molar refractivity (Wildman–Crippen MR) is 107 cm³/mol. The number of halogens is 1. The molecule has 0 N–H and O–H groups in total. The number of nitrogens with zero attached hydrogens (tertiary/aromatic N) is 2. The van der Waals surface area contributed by atoms with Gasteiger partial charge in [0.1, 0.15) is 17.0 Å². The van der Waals surface area contributed by atoms with E-state index in [1.165, 1.54) is 18.9 Å². The van der Waals surface area contributed by atoms with Crippen LogP contribution in [-0.2, 0) is 20.8 Å². The fourth-order valence-electron chi connectivity index (χ4n) is 3.30. The third kappa shape index (κ3) is 3.40. The lowest BCUT2D eigenvalue weighted by atomic mass is 10.0.